The van der Waals surface area contributed by atoms with E-state index in [1.807, 2.05) is 34.5 Å². The highest BCUT2D eigenvalue weighted by molar-refractivity contribution is 7.14. The second-order valence-corrected chi connectivity index (χ2v) is 6.78. The van der Waals surface area contributed by atoms with Gasteiger partial charge in [-0.1, -0.05) is 29.8 Å². The van der Waals surface area contributed by atoms with E-state index in [0.717, 1.165) is 22.9 Å². The van der Waals surface area contributed by atoms with Crippen molar-refractivity contribution in [1.82, 2.24) is 4.98 Å². The molecule has 6 heteroatoms. The zero-order chi connectivity index (χ0) is 15.0. The number of thiazole rings is 1. The van der Waals surface area contributed by atoms with E-state index < -0.39 is 11.4 Å². The van der Waals surface area contributed by atoms with Gasteiger partial charge >= 0.3 is 5.97 Å². The molecular formula is C15H15ClN2O2S. The van der Waals surface area contributed by atoms with E-state index in [9.17, 15) is 9.90 Å². The first-order valence-electron chi connectivity index (χ1n) is 6.68. The Labute approximate surface area is 132 Å². The van der Waals surface area contributed by atoms with Crippen LogP contribution in [0.25, 0.3) is 11.3 Å². The van der Waals surface area contributed by atoms with Crippen molar-refractivity contribution in [3.05, 3.63) is 34.7 Å². The van der Waals surface area contributed by atoms with Crippen molar-refractivity contribution in [2.75, 3.05) is 18.0 Å². The van der Waals surface area contributed by atoms with Gasteiger partial charge in [-0.05, 0) is 19.4 Å². The number of carboxylic acids is 1. The predicted octanol–water partition coefficient (Wildman–Crippen LogP) is 3.76. The van der Waals surface area contributed by atoms with E-state index in [0.29, 0.717) is 18.0 Å². The molecule has 1 aromatic heterocycles. The van der Waals surface area contributed by atoms with Gasteiger partial charge in [0.15, 0.2) is 5.13 Å². The van der Waals surface area contributed by atoms with Crippen LogP contribution in [-0.4, -0.2) is 29.1 Å². The number of nitrogens with zero attached hydrogens (tertiary/aromatic N) is 2. The number of rotatable bonds is 3. The lowest BCUT2D eigenvalue weighted by atomic mass is 9.90. The summed E-state index contributed by atoms with van der Waals surface area (Å²) in [4.78, 5) is 18.0. The maximum atomic E-state index is 11.3. The van der Waals surface area contributed by atoms with Crippen LogP contribution in [0.5, 0.6) is 0 Å². The van der Waals surface area contributed by atoms with Crippen molar-refractivity contribution in [3.8, 4) is 11.3 Å². The summed E-state index contributed by atoms with van der Waals surface area (Å²) in [5, 5.41) is 12.8. The fourth-order valence-electron chi connectivity index (χ4n) is 2.50. The first-order valence-corrected chi connectivity index (χ1v) is 7.94. The summed E-state index contributed by atoms with van der Waals surface area (Å²) in [5.74, 6) is -0.743. The topological polar surface area (TPSA) is 53.4 Å². The van der Waals surface area contributed by atoms with E-state index >= 15 is 0 Å². The number of aliphatic carboxylic acids is 1. The molecule has 0 amide bonds. The third-order valence-corrected chi connectivity index (χ3v) is 5.13. The van der Waals surface area contributed by atoms with Crippen molar-refractivity contribution in [1.29, 1.82) is 0 Å². The van der Waals surface area contributed by atoms with Gasteiger partial charge in [-0.3, -0.25) is 4.79 Å². The quantitative estimate of drug-likeness (QED) is 0.934. The Morgan fingerprint density at radius 2 is 2.24 bits per heavy atom. The molecule has 1 aliphatic heterocycles. The fourth-order valence-corrected chi connectivity index (χ4v) is 3.59. The molecule has 1 unspecified atom stereocenters. The molecule has 3 rings (SSSR count). The van der Waals surface area contributed by atoms with Crippen molar-refractivity contribution < 1.29 is 9.90 Å². The second-order valence-electron chi connectivity index (χ2n) is 5.53. The standard InChI is InChI=1S/C15H15ClN2O2S/c1-15(13(19)20)6-7-18(9-15)14-17-12(8-21-14)10-4-2-3-5-11(10)16/h2-5,8H,6-7,9H2,1H3,(H,19,20). The zero-order valence-electron chi connectivity index (χ0n) is 11.5. The highest BCUT2D eigenvalue weighted by Gasteiger charge is 2.41. The van der Waals surface area contributed by atoms with Crippen molar-refractivity contribution in [2.45, 2.75) is 13.3 Å². The lowest BCUT2D eigenvalue weighted by Crippen LogP contribution is -2.31. The molecule has 0 radical (unpaired) electrons. The summed E-state index contributed by atoms with van der Waals surface area (Å²) < 4.78 is 0. The fraction of sp³-hybridized carbons (Fsp3) is 0.333. The molecular weight excluding hydrogens is 308 g/mol. The Bertz CT molecular complexity index is 688. The van der Waals surface area contributed by atoms with Gasteiger partial charge in [0, 0.05) is 29.1 Å². The van der Waals surface area contributed by atoms with E-state index in [4.69, 9.17) is 11.6 Å². The van der Waals surface area contributed by atoms with Crippen molar-refractivity contribution in [2.24, 2.45) is 5.41 Å². The normalized spacial score (nSPS) is 21.7. The summed E-state index contributed by atoms with van der Waals surface area (Å²) in [6.07, 6.45) is 0.642. The monoisotopic (exact) mass is 322 g/mol. The molecule has 2 heterocycles. The van der Waals surface area contributed by atoms with Gasteiger partial charge in [0.2, 0.25) is 0 Å². The zero-order valence-corrected chi connectivity index (χ0v) is 13.1. The predicted molar refractivity (Wildman–Crippen MR) is 85.1 cm³/mol. The molecule has 21 heavy (non-hydrogen) atoms. The molecule has 0 bridgehead atoms. The molecule has 1 atom stereocenters. The van der Waals surface area contributed by atoms with Crippen LogP contribution >= 0.6 is 22.9 Å². The summed E-state index contributed by atoms with van der Waals surface area (Å²) in [6.45, 7) is 3.01. The molecule has 1 saturated heterocycles. The van der Waals surface area contributed by atoms with Gasteiger partial charge in [-0.25, -0.2) is 4.98 Å². The Morgan fingerprint density at radius 3 is 2.90 bits per heavy atom. The van der Waals surface area contributed by atoms with Crippen LogP contribution in [0.15, 0.2) is 29.6 Å². The van der Waals surface area contributed by atoms with Crippen LogP contribution in [0, 0.1) is 5.41 Å². The number of halogens is 1. The van der Waals surface area contributed by atoms with E-state index in [-0.39, 0.29) is 0 Å². The molecule has 4 nitrogen and oxygen atoms in total. The second kappa shape index (κ2) is 5.31. The van der Waals surface area contributed by atoms with Gasteiger partial charge in [0.25, 0.3) is 0 Å². The molecule has 0 saturated carbocycles. The summed E-state index contributed by atoms with van der Waals surface area (Å²) in [6, 6.07) is 7.59. The minimum atomic E-state index is -0.743. The van der Waals surface area contributed by atoms with E-state index in [2.05, 4.69) is 4.98 Å². The third-order valence-electron chi connectivity index (χ3n) is 3.90. The number of hydrogen-bond donors (Lipinski definition) is 1. The highest BCUT2D eigenvalue weighted by Crippen LogP contribution is 2.37. The lowest BCUT2D eigenvalue weighted by molar-refractivity contribution is -0.146. The molecule has 1 aliphatic rings. The van der Waals surface area contributed by atoms with Crippen LogP contribution < -0.4 is 4.90 Å². The highest BCUT2D eigenvalue weighted by atomic mass is 35.5. The minimum Gasteiger partial charge on any atom is -0.481 e. The Kier molecular flexibility index (Phi) is 3.63. The van der Waals surface area contributed by atoms with Crippen LogP contribution in [0.4, 0.5) is 5.13 Å². The van der Waals surface area contributed by atoms with E-state index in [1.165, 1.54) is 11.3 Å². The Balaban J connectivity index is 1.84. The largest absolute Gasteiger partial charge is 0.481 e. The first kappa shape index (κ1) is 14.4. The van der Waals surface area contributed by atoms with Gasteiger partial charge in [0.05, 0.1) is 11.1 Å². The maximum Gasteiger partial charge on any atom is 0.311 e. The molecule has 1 N–H and O–H groups in total. The number of benzene rings is 1. The minimum absolute atomic E-state index is 0.498. The molecule has 0 aliphatic carbocycles. The number of aromatic nitrogens is 1. The smallest absolute Gasteiger partial charge is 0.311 e. The first-order chi connectivity index (χ1) is 9.99. The van der Waals surface area contributed by atoms with Gasteiger partial charge in [-0.2, -0.15) is 0 Å². The molecule has 2 aromatic rings. The lowest BCUT2D eigenvalue weighted by Gasteiger charge is -2.19. The van der Waals surface area contributed by atoms with Gasteiger partial charge in [0.1, 0.15) is 0 Å². The van der Waals surface area contributed by atoms with Crippen LogP contribution in [0.2, 0.25) is 5.02 Å². The number of hydrogen-bond acceptors (Lipinski definition) is 4. The molecule has 110 valence electrons. The number of carboxylic acid groups (broad SMARTS) is 1. The van der Waals surface area contributed by atoms with Gasteiger partial charge < -0.3 is 10.0 Å². The summed E-state index contributed by atoms with van der Waals surface area (Å²) in [7, 11) is 0. The Morgan fingerprint density at radius 1 is 1.48 bits per heavy atom. The summed E-state index contributed by atoms with van der Waals surface area (Å²) in [5.41, 5.74) is 1.06. The van der Waals surface area contributed by atoms with Crippen molar-refractivity contribution >= 4 is 34.0 Å². The number of anilines is 1. The third kappa shape index (κ3) is 2.63. The van der Waals surface area contributed by atoms with E-state index in [1.54, 1.807) is 6.92 Å². The molecule has 1 fully saturated rings. The Hall–Kier alpha value is -1.59. The van der Waals surface area contributed by atoms with Gasteiger partial charge in [-0.15, -0.1) is 11.3 Å². The number of carbonyl (C=O) groups is 1. The maximum absolute atomic E-state index is 11.3. The van der Waals surface area contributed by atoms with Crippen LogP contribution in [0.1, 0.15) is 13.3 Å². The SMILES string of the molecule is CC1(C(=O)O)CCN(c2nc(-c3ccccc3Cl)cs2)C1. The van der Waals surface area contributed by atoms with Crippen LogP contribution in [-0.2, 0) is 4.79 Å². The molecule has 1 aromatic carbocycles. The average molecular weight is 323 g/mol. The average Bonchev–Trinajstić information content (AvgIpc) is 3.07. The van der Waals surface area contributed by atoms with Crippen LogP contribution in [0.3, 0.4) is 0 Å². The molecule has 0 spiro atoms. The summed E-state index contributed by atoms with van der Waals surface area (Å²) >= 11 is 7.71. The van der Waals surface area contributed by atoms with Crippen molar-refractivity contribution in [3.63, 3.8) is 0 Å².